The van der Waals surface area contributed by atoms with Crippen molar-refractivity contribution in [1.82, 2.24) is 24.4 Å². The van der Waals surface area contributed by atoms with E-state index in [4.69, 9.17) is 10.7 Å². The molecular weight excluding hydrogens is 464 g/mol. The van der Waals surface area contributed by atoms with Crippen molar-refractivity contribution in [1.29, 1.82) is 0 Å². The first-order valence-corrected chi connectivity index (χ1v) is 13.1. The Kier molecular flexibility index (Phi) is 4.20. The smallest absolute Gasteiger partial charge is 0.254 e. The van der Waals surface area contributed by atoms with Crippen molar-refractivity contribution >= 4 is 16.9 Å². The molecule has 2 atom stereocenters. The minimum absolute atomic E-state index is 0.0472. The monoisotopic (exact) mass is 492 g/mol. The lowest BCUT2D eigenvalue weighted by Crippen LogP contribution is -2.52. The van der Waals surface area contributed by atoms with Crippen LogP contribution < -0.4 is 5.73 Å². The molecule has 0 spiro atoms. The van der Waals surface area contributed by atoms with E-state index < -0.39 is 5.54 Å². The van der Waals surface area contributed by atoms with Crippen LogP contribution in [0, 0.1) is 0 Å². The minimum Gasteiger partial charge on any atom is -0.393 e. The summed E-state index contributed by atoms with van der Waals surface area (Å²) in [5.74, 6) is 2.19. The summed E-state index contributed by atoms with van der Waals surface area (Å²) >= 11 is 0. The summed E-state index contributed by atoms with van der Waals surface area (Å²) in [7, 11) is 1.91. The van der Waals surface area contributed by atoms with Gasteiger partial charge in [0.05, 0.1) is 34.8 Å². The zero-order valence-electron chi connectivity index (χ0n) is 20.6. The lowest BCUT2D eigenvalue weighted by atomic mass is 9.74. The van der Waals surface area contributed by atoms with Gasteiger partial charge in [-0.2, -0.15) is 0 Å². The van der Waals surface area contributed by atoms with Gasteiger partial charge in [-0.1, -0.05) is 18.2 Å². The molecule has 2 aliphatic heterocycles. The number of nitrogens with two attached hydrogens (primary N) is 1. The fraction of sp³-hybridized carbons (Fsp3) is 0.379. The molecular formula is C29H28N6O2. The Morgan fingerprint density at radius 2 is 1.84 bits per heavy atom. The fourth-order valence-electron chi connectivity index (χ4n) is 6.78. The molecule has 2 fully saturated rings. The summed E-state index contributed by atoms with van der Waals surface area (Å²) in [6.45, 7) is 0. The second-order valence-electron chi connectivity index (χ2n) is 11.3. The van der Waals surface area contributed by atoms with Crippen molar-refractivity contribution in [3.63, 3.8) is 0 Å². The number of carbonyl (C=O) groups is 1. The zero-order valence-corrected chi connectivity index (χ0v) is 20.6. The van der Waals surface area contributed by atoms with Gasteiger partial charge in [-0.3, -0.25) is 4.79 Å². The number of hydrogen-bond donors (Lipinski definition) is 2. The van der Waals surface area contributed by atoms with Gasteiger partial charge in [0, 0.05) is 37.0 Å². The molecule has 4 aromatic rings. The summed E-state index contributed by atoms with van der Waals surface area (Å²) in [6, 6.07) is 12.6. The molecule has 3 N–H and O–H groups in total. The summed E-state index contributed by atoms with van der Waals surface area (Å²) in [4.78, 5) is 29.5. The number of aromatic nitrogens is 4. The number of amides is 1. The van der Waals surface area contributed by atoms with E-state index >= 15 is 0 Å². The average molecular weight is 493 g/mol. The van der Waals surface area contributed by atoms with Crippen LogP contribution in [-0.2, 0) is 5.54 Å². The van der Waals surface area contributed by atoms with Crippen LogP contribution in [0.15, 0.2) is 48.8 Å². The van der Waals surface area contributed by atoms with Gasteiger partial charge in [-0.15, -0.1) is 0 Å². The Hall–Kier alpha value is -3.62. The van der Waals surface area contributed by atoms with Gasteiger partial charge in [0.2, 0.25) is 0 Å². The second kappa shape index (κ2) is 7.24. The van der Waals surface area contributed by atoms with Gasteiger partial charge in [-0.05, 0) is 66.5 Å². The summed E-state index contributed by atoms with van der Waals surface area (Å²) in [5.41, 5.74) is 13.0. The Bertz CT molecular complexity index is 1600. The molecule has 4 aliphatic rings. The Morgan fingerprint density at radius 1 is 1.05 bits per heavy atom. The van der Waals surface area contributed by atoms with Crippen LogP contribution in [0.5, 0.6) is 0 Å². The largest absolute Gasteiger partial charge is 0.393 e. The maximum Gasteiger partial charge on any atom is 0.254 e. The van der Waals surface area contributed by atoms with Crippen LogP contribution in [0.25, 0.3) is 22.2 Å². The first kappa shape index (κ1) is 21.5. The van der Waals surface area contributed by atoms with Gasteiger partial charge in [0.25, 0.3) is 5.91 Å². The first-order chi connectivity index (χ1) is 17.9. The molecule has 0 radical (unpaired) electrons. The predicted octanol–water partition coefficient (Wildman–Crippen LogP) is 3.80. The average Bonchev–Trinajstić information content (AvgIpc) is 3.60. The van der Waals surface area contributed by atoms with Crippen LogP contribution in [0.4, 0.5) is 0 Å². The number of fused-ring (bicyclic) bond motifs is 9. The van der Waals surface area contributed by atoms with Crippen molar-refractivity contribution in [2.75, 3.05) is 7.05 Å². The number of aliphatic hydroxyl groups excluding tert-OH is 1. The van der Waals surface area contributed by atoms with Crippen LogP contribution >= 0.6 is 0 Å². The minimum atomic E-state index is -0.639. The molecule has 2 aliphatic carbocycles. The van der Waals surface area contributed by atoms with E-state index in [0.29, 0.717) is 24.6 Å². The van der Waals surface area contributed by atoms with E-state index in [1.165, 1.54) is 24.0 Å². The van der Waals surface area contributed by atoms with E-state index in [0.717, 1.165) is 40.0 Å². The molecule has 0 unspecified atom stereocenters. The zero-order chi connectivity index (χ0) is 25.1. The quantitative estimate of drug-likeness (QED) is 0.450. The van der Waals surface area contributed by atoms with Crippen molar-refractivity contribution in [2.45, 2.75) is 61.7 Å². The van der Waals surface area contributed by atoms with E-state index in [1.54, 1.807) is 0 Å². The lowest BCUT2D eigenvalue weighted by molar-refractivity contribution is 0.0165. The maximum atomic E-state index is 13.5. The van der Waals surface area contributed by atoms with Crippen LogP contribution in [-0.4, -0.2) is 48.6 Å². The van der Waals surface area contributed by atoms with Crippen LogP contribution in [0.1, 0.15) is 83.2 Å². The fourth-order valence-corrected chi connectivity index (χ4v) is 6.78. The van der Waals surface area contributed by atoms with Crippen molar-refractivity contribution in [2.24, 2.45) is 5.73 Å². The Morgan fingerprint density at radius 3 is 2.57 bits per heavy atom. The second-order valence-corrected chi connectivity index (χ2v) is 11.3. The van der Waals surface area contributed by atoms with Gasteiger partial charge in [0.15, 0.2) is 0 Å². The summed E-state index contributed by atoms with van der Waals surface area (Å²) in [5, 5.41) is 9.69. The number of carbonyl (C=O) groups excluding carboxylic acids is 1. The molecule has 2 saturated carbocycles. The molecule has 1 amide bonds. The molecule has 37 heavy (non-hydrogen) atoms. The highest BCUT2D eigenvalue weighted by atomic mass is 16.3. The maximum absolute atomic E-state index is 13.5. The van der Waals surface area contributed by atoms with Crippen molar-refractivity contribution < 1.29 is 9.90 Å². The molecule has 8 heteroatoms. The highest BCUT2D eigenvalue weighted by molar-refractivity contribution is 5.97. The van der Waals surface area contributed by atoms with Gasteiger partial charge in [-0.25, -0.2) is 15.0 Å². The molecule has 2 aromatic heterocycles. The number of nitrogens with zero attached hydrogens (tertiary/aromatic N) is 5. The van der Waals surface area contributed by atoms with Gasteiger partial charge < -0.3 is 20.3 Å². The first-order valence-electron chi connectivity index (χ1n) is 13.1. The summed E-state index contributed by atoms with van der Waals surface area (Å²) < 4.78 is 2.37. The van der Waals surface area contributed by atoms with E-state index in [2.05, 4.69) is 38.8 Å². The molecule has 8 rings (SSSR count). The van der Waals surface area contributed by atoms with Crippen LogP contribution in [0.2, 0.25) is 0 Å². The summed E-state index contributed by atoms with van der Waals surface area (Å²) in [6.07, 6.45) is 7.48. The Balaban J connectivity index is 1.25. The third-order valence-electron chi connectivity index (χ3n) is 8.91. The molecule has 8 nitrogen and oxygen atoms in total. The lowest BCUT2D eigenvalue weighted by Gasteiger charge is -2.40. The number of rotatable bonds is 3. The number of aliphatic hydroxyl groups is 1. The topological polar surface area (TPSA) is 110 Å². The predicted molar refractivity (Wildman–Crippen MR) is 138 cm³/mol. The highest BCUT2D eigenvalue weighted by Crippen LogP contribution is 2.52. The number of hydrogen-bond acceptors (Lipinski definition) is 6. The van der Waals surface area contributed by atoms with E-state index in [1.807, 2.05) is 36.5 Å². The van der Waals surface area contributed by atoms with Crippen molar-refractivity contribution in [3.8, 4) is 11.1 Å². The molecule has 186 valence electrons. The van der Waals surface area contributed by atoms with Crippen molar-refractivity contribution in [3.05, 3.63) is 77.1 Å². The molecule has 2 aromatic carbocycles. The third-order valence-corrected chi connectivity index (χ3v) is 8.91. The highest BCUT2D eigenvalue weighted by Gasteiger charge is 2.46. The third kappa shape index (κ3) is 2.97. The van der Waals surface area contributed by atoms with Gasteiger partial charge in [0.1, 0.15) is 11.6 Å². The number of imidazole rings is 1. The molecule has 2 bridgehead atoms. The van der Waals surface area contributed by atoms with E-state index in [-0.39, 0.29) is 24.1 Å². The molecule has 0 saturated heterocycles. The SMILES string of the molecule is CN1C(=O)c2cccc(C3CC3)c2[C@H]2C[C@@H]1c1nc3ccc(-c4cnc(C5(N)CC(O)C5)nc4)cc3n12. The normalized spacial score (nSPS) is 28.1. The number of benzene rings is 2. The molecule has 4 heterocycles. The Labute approximate surface area is 214 Å². The van der Waals surface area contributed by atoms with E-state index in [9.17, 15) is 9.90 Å². The van der Waals surface area contributed by atoms with Crippen LogP contribution in [0.3, 0.4) is 0 Å². The standard InChI is InChI=1S/C29H28N6O2/c1-34-24-10-23(25-19(15-5-6-15)3-2-4-20(25)27(34)37)35-22-9-16(7-8-21(22)33-26(24)35)17-13-31-28(32-14-17)29(30)11-18(36)12-29/h2-4,7-9,13-15,18,23-24,36H,5-6,10-12,30H2,1H3/t18?,23-,24-,29?/m1/s1. The van der Waals surface area contributed by atoms with Gasteiger partial charge >= 0.3 is 0 Å².